The maximum absolute atomic E-state index is 12.6. The van der Waals surface area contributed by atoms with Crippen LogP contribution in [0.3, 0.4) is 0 Å². The van der Waals surface area contributed by atoms with Crippen molar-refractivity contribution in [3.63, 3.8) is 0 Å². The molecule has 3 aromatic rings. The Morgan fingerprint density at radius 2 is 1.88 bits per heavy atom. The lowest BCUT2D eigenvalue weighted by atomic mass is 10.1. The second-order valence-corrected chi connectivity index (χ2v) is 6.75. The van der Waals surface area contributed by atoms with E-state index in [9.17, 15) is 4.79 Å². The van der Waals surface area contributed by atoms with Crippen LogP contribution < -0.4 is 5.69 Å². The molecule has 24 heavy (non-hydrogen) atoms. The van der Waals surface area contributed by atoms with Crippen molar-refractivity contribution in [3.05, 3.63) is 52.3 Å². The van der Waals surface area contributed by atoms with Gasteiger partial charge in [0.2, 0.25) is 0 Å². The highest BCUT2D eigenvalue weighted by Gasteiger charge is 2.15. The van der Waals surface area contributed by atoms with Gasteiger partial charge in [0.05, 0.1) is 18.9 Å². The van der Waals surface area contributed by atoms with E-state index in [0.717, 1.165) is 54.3 Å². The molecule has 4 rings (SSSR count). The molecule has 0 saturated carbocycles. The first kappa shape index (κ1) is 15.5. The maximum Gasteiger partial charge on any atom is 0.349 e. The Balaban J connectivity index is 1.69. The zero-order valence-electron chi connectivity index (χ0n) is 13.4. The molecule has 0 atom stereocenters. The van der Waals surface area contributed by atoms with Crippen LogP contribution >= 0.6 is 11.3 Å². The minimum atomic E-state index is -0.169. The average molecular weight is 341 g/mol. The summed E-state index contributed by atoms with van der Waals surface area (Å²) < 4.78 is 7.18. The molecule has 0 radical (unpaired) electrons. The number of fused-ring (bicyclic) bond motifs is 1. The Hall–Kier alpha value is -2.02. The molecule has 124 valence electrons. The number of ether oxygens (including phenoxy) is 1. The number of aromatic nitrogens is 2. The molecule has 5 nitrogen and oxygen atoms in total. The lowest BCUT2D eigenvalue weighted by molar-refractivity contribution is 0.0364. The number of morpholine rings is 1. The van der Waals surface area contributed by atoms with Crippen LogP contribution in [-0.4, -0.2) is 47.3 Å². The zero-order valence-corrected chi connectivity index (χ0v) is 14.2. The fourth-order valence-corrected chi connectivity index (χ4v) is 3.99. The highest BCUT2D eigenvalue weighted by molar-refractivity contribution is 7.16. The molecule has 1 aromatic carbocycles. The van der Waals surface area contributed by atoms with Crippen molar-refractivity contribution in [3.8, 4) is 11.3 Å². The van der Waals surface area contributed by atoms with Gasteiger partial charge in [0.1, 0.15) is 4.83 Å². The third kappa shape index (κ3) is 3.00. The monoisotopic (exact) mass is 341 g/mol. The molecule has 1 saturated heterocycles. The van der Waals surface area contributed by atoms with Gasteiger partial charge in [-0.3, -0.25) is 9.47 Å². The Morgan fingerprint density at radius 3 is 2.67 bits per heavy atom. The van der Waals surface area contributed by atoms with E-state index in [-0.39, 0.29) is 5.69 Å². The summed E-state index contributed by atoms with van der Waals surface area (Å²) in [5, 5.41) is 3.08. The predicted octanol–water partition coefficient (Wildman–Crippen LogP) is 2.46. The predicted molar refractivity (Wildman–Crippen MR) is 96.6 cm³/mol. The molecule has 0 bridgehead atoms. The van der Waals surface area contributed by atoms with Crippen LogP contribution in [0.2, 0.25) is 0 Å². The number of rotatable bonds is 4. The Kier molecular flexibility index (Phi) is 4.42. The van der Waals surface area contributed by atoms with Crippen LogP contribution in [0.15, 0.2) is 46.6 Å². The van der Waals surface area contributed by atoms with Crippen molar-refractivity contribution >= 4 is 21.6 Å². The van der Waals surface area contributed by atoms with Crippen molar-refractivity contribution in [2.24, 2.45) is 0 Å². The standard InChI is InChI=1S/C18H19N3O2S/c22-18-19-16(14-4-2-1-3-5-14)15-6-13-24-17(15)21(18)8-7-20-9-11-23-12-10-20/h1-6,13H,7-12H2. The summed E-state index contributed by atoms with van der Waals surface area (Å²) >= 11 is 1.60. The molecule has 1 aliphatic heterocycles. The van der Waals surface area contributed by atoms with E-state index in [4.69, 9.17) is 4.74 Å². The Bertz CT molecular complexity index is 882. The summed E-state index contributed by atoms with van der Waals surface area (Å²) in [6.45, 7) is 4.92. The number of nitrogens with zero attached hydrogens (tertiary/aromatic N) is 3. The fourth-order valence-electron chi connectivity index (χ4n) is 3.07. The number of hydrogen-bond donors (Lipinski definition) is 0. The van der Waals surface area contributed by atoms with Crippen LogP contribution in [-0.2, 0) is 11.3 Å². The first-order chi connectivity index (χ1) is 11.8. The Labute approximate surface area is 144 Å². The van der Waals surface area contributed by atoms with Crippen molar-refractivity contribution in [1.82, 2.24) is 14.5 Å². The summed E-state index contributed by atoms with van der Waals surface area (Å²) in [5.41, 5.74) is 1.59. The van der Waals surface area contributed by atoms with Gasteiger partial charge in [-0.05, 0) is 11.4 Å². The number of hydrogen-bond acceptors (Lipinski definition) is 5. The van der Waals surface area contributed by atoms with Gasteiger partial charge in [0.25, 0.3) is 0 Å². The quantitative estimate of drug-likeness (QED) is 0.731. The topological polar surface area (TPSA) is 47.4 Å². The highest BCUT2D eigenvalue weighted by Crippen LogP contribution is 2.28. The first-order valence-electron chi connectivity index (χ1n) is 8.16. The molecule has 3 heterocycles. The van der Waals surface area contributed by atoms with Gasteiger partial charge in [0, 0.05) is 37.1 Å². The maximum atomic E-state index is 12.6. The minimum Gasteiger partial charge on any atom is -0.379 e. The molecular formula is C18H19N3O2S. The van der Waals surface area contributed by atoms with Crippen LogP contribution in [0.4, 0.5) is 0 Å². The van der Waals surface area contributed by atoms with Gasteiger partial charge in [-0.15, -0.1) is 11.3 Å². The van der Waals surface area contributed by atoms with Gasteiger partial charge in [-0.1, -0.05) is 30.3 Å². The molecule has 6 heteroatoms. The molecule has 0 N–H and O–H groups in total. The Morgan fingerprint density at radius 1 is 1.08 bits per heavy atom. The van der Waals surface area contributed by atoms with Crippen LogP contribution in [0.25, 0.3) is 21.5 Å². The molecule has 0 aliphatic carbocycles. The zero-order chi connectivity index (χ0) is 16.4. The van der Waals surface area contributed by atoms with Crippen LogP contribution in [0, 0.1) is 0 Å². The molecule has 0 spiro atoms. The minimum absolute atomic E-state index is 0.169. The summed E-state index contributed by atoms with van der Waals surface area (Å²) in [7, 11) is 0. The summed E-state index contributed by atoms with van der Waals surface area (Å²) in [4.78, 5) is 20.3. The number of thiophene rings is 1. The number of benzene rings is 1. The van der Waals surface area contributed by atoms with Gasteiger partial charge in [-0.25, -0.2) is 4.79 Å². The van der Waals surface area contributed by atoms with Crippen LogP contribution in [0.5, 0.6) is 0 Å². The SMILES string of the molecule is O=c1nc(-c2ccccc2)c2ccsc2n1CCN1CCOCC1. The second kappa shape index (κ2) is 6.84. The van der Waals surface area contributed by atoms with Crippen molar-refractivity contribution in [2.45, 2.75) is 6.54 Å². The van der Waals surface area contributed by atoms with E-state index >= 15 is 0 Å². The van der Waals surface area contributed by atoms with E-state index in [0.29, 0.717) is 6.54 Å². The molecule has 2 aromatic heterocycles. The molecule has 1 aliphatic rings. The van der Waals surface area contributed by atoms with Crippen molar-refractivity contribution in [2.75, 3.05) is 32.8 Å². The summed E-state index contributed by atoms with van der Waals surface area (Å²) in [5.74, 6) is 0. The first-order valence-corrected chi connectivity index (χ1v) is 9.04. The second-order valence-electron chi connectivity index (χ2n) is 5.85. The van der Waals surface area contributed by atoms with Gasteiger partial charge in [0.15, 0.2) is 0 Å². The highest BCUT2D eigenvalue weighted by atomic mass is 32.1. The lowest BCUT2D eigenvalue weighted by Crippen LogP contribution is -2.39. The average Bonchev–Trinajstić information content (AvgIpc) is 3.11. The summed E-state index contributed by atoms with van der Waals surface area (Å²) in [6, 6.07) is 12.0. The van der Waals surface area contributed by atoms with E-state index in [1.54, 1.807) is 11.3 Å². The third-order valence-corrected chi connectivity index (χ3v) is 5.31. The van der Waals surface area contributed by atoms with E-state index in [1.807, 2.05) is 40.3 Å². The van der Waals surface area contributed by atoms with Crippen molar-refractivity contribution in [1.29, 1.82) is 0 Å². The van der Waals surface area contributed by atoms with Gasteiger partial charge in [-0.2, -0.15) is 4.98 Å². The summed E-state index contributed by atoms with van der Waals surface area (Å²) in [6.07, 6.45) is 0. The molecule has 0 unspecified atom stereocenters. The van der Waals surface area contributed by atoms with E-state index in [1.165, 1.54) is 0 Å². The smallest absolute Gasteiger partial charge is 0.349 e. The molecule has 1 fully saturated rings. The van der Waals surface area contributed by atoms with E-state index < -0.39 is 0 Å². The van der Waals surface area contributed by atoms with E-state index in [2.05, 4.69) is 16.0 Å². The third-order valence-electron chi connectivity index (χ3n) is 4.37. The lowest BCUT2D eigenvalue weighted by Gasteiger charge is -2.26. The van der Waals surface area contributed by atoms with Crippen LogP contribution in [0.1, 0.15) is 0 Å². The normalized spacial score (nSPS) is 15.8. The van der Waals surface area contributed by atoms with Gasteiger partial charge < -0.3 is 4.74 Å². The van der Waals surface area contributed by atoms with Gasteiger partial charge >= 0.3 is 5.69 Å². The fraction of sp³-hybridized carbons (Fsp3) is 0.333. The molecular weight excluding hydrogens is 322 g/mol. The van der Waals surface area contributed by atoms with Crippen molar-refractivity contribution < 1.29 is 4.74 Å². The largest absolute Gasteiger partial charge is 0.379 e. The molecule has 0 amide bonds.